The van der Waals surface area contributed by atoms with Crippen molar-refractivity contribution in [3.8, 4) is 0 Å². The third-order valence-electron chi connectivity index (χ3n) is 4.31. The number of fused-ring (bicyclic) bond motifs is 1. The van der Waals surface area contributed by atoms with Gasteiger partial charge in [-0.05, 0) is 18.4 Å². The van der Waals surface area contributed by atoms with Gasteiger partial charge in [-0.2, -0.15) is 5.10 Å². The lowest BCUT2D eigenvalue weighted by Gasteiger charge is -2.11. The summed E-state index contributed by atoms with van der Waals surface area (Å²) in [5.74, 6) is 0.616. The van der Waals surface area contributed by atoms with E-state index in [1.807, 2.05) is 30.3 Å². The standard InChI is InChI=1S/C16H18N6O/c23-16-14-13(15(19-20-16)17-12-8-4-5-9-12)18-21-22(14)10-11-6-2-1-3-7-11/h1-3,6-7,12H,4-5,8-10H2,(H,17,19)(H,20,23). The quantitative estimate of drug-likeness (QED) is 0.768. The number of aromatic nitrogens is 5. The van der Waals surface area contributed by atoms with Crippen molar-refractivity contribution in [2.24, 2.45) is 0 Å². The summed E-state index contributed by atoms with van der Waals surface area (Å²) in [7, 11) is 0. The van der Waals surface area contributed by atoms with Crippen LogP contribution in [0.5, 0.6) is 0 Å². The van der Waals surface area contributed by atoms with Crippen LogP contribution in [0.1, 0.15) is 31.2 Å². The predicted octanol–water partition coefficient (Wildman–Crippen LogP) is 1.92. The fraction of sp³-hybridized carbons (Fsp3) is 0.375. The highest BCUT2D eigenvalue weighted by Gasteiger charge is 2.19. The Hall–Kier alpha value is -2.70. The summed E-state index contributed by atoms with van der Waals surface area (Å²) in [5, 5.41) is 18.4. The van der Waals surface area contributed by atoms with Crippen molar-refractivity contribution < 1.29 is 0 Å². The van der Waals surface area contributed by atoms with Gasteiger partial charge in [-0.3, -0.25) is 4.79 Å². The van der Waals surface area contributed by atoms with Crippen LogP contribution >= 0.6 is 0 Å². The molecule has 7 heteroatoms. The molecule has 0 radical (unpaired) electrons. The summed E-state index contributed by atoms with van der Waals surface area (Å²) < 4.78 is 1.63. The van der Waals surface area contributed by atoms with E-state index in [1.54, 1.807) is 4.68 Å². The van der Waals surface area contributed by atoms with Crippen LogP contribution in [0.4, 0.5) is 5.82 Å². The average molecular weight is 310 g/mol. The lowest BCUT2D eigenvalue weighted by molar-refractivity contribution is 0.667. The van der Waals surface area contributed by atoms with E-state index in [2.05, 4.69) is 25.8 Å². The maximum atomic E-state index is 12.2. The van der Waals surface area contributed by atoms with Crippen LogP contribution < -0.4 is 10.9 Å². The van der Waals surface area contributed by atoms with Crippen LogP contribution in [0.2, 0.25) is 0 Å². The van der Waals surface area contributed by atoms with Gasteiger partial charge in [0.05, 0.1) is 6.54 Å². The Bertz CT molecular complexity index is 863. The number of nitrogens with one attached hydrogen (secondary N) is 2. The number of hydrogen-bond acceptors (Lipinski definition) is 5. The number of benzene rings is 1. The summed E-state index contributed by atoms with van der Waals surface area (Å²) >= 11 is 0. The van der Waals surface area contributed by atoms with Crippen LogP contribution in [0.25, 0.3) is 11.0 Å². The molecule has 1 aromatic carbocycles. The molecule has 23 heavy (non-hydrogen) atoms. The smallest absolute Gasteiger partial charge is 0.292 e. The maximum absolute atomic E-state index is 12.2. The zero-order valence-electron chi connectivity index (χ0n) is 12.7. The first-order valence-corrected chi connectivity index (χ1v) is 7.93. The van der Waals surface area contributed by atoms with Crippen molar-refractivity contribution >= 4 is 16.9 Å². The number of aromatic amines is 1. The molecule has 0 aliphatic heterocycles. The van der Waals surface area contributed by atoms with E-state index in [0.717, 1.165) is 18.4 Å². The predicted molar refractivity (Wildman–Crippen MR) is 87.4 cm³/mol. The van der Waals surface area contributed by atoms with E-state index < -0.39 is 0 Å². The van der Waals surface area contributed by atoms with Gasteiger partial charge in [0.1, 0.15) is 0 Å². The Labute approximate surface area is 132 Å². The molecule has 1 aliphatic carbocycles. The van der Waals surface area contributed by atoms with Crippen LogP contribution in [0.15, 0.2) is 35.1 Å². The van der Waals surface area contributed by atoms with E-state index in [0.29, 0.717) is 29.4 Å². The van der Waals surface area contributed by atoms with Gasteiger partial charge in [0.15, 0.2) is 16.9 Å². The Morgan fingerprint density at radius 3 is 2.78 bits per heavy atom. The monoisotopic (exact) mass is 310 g/mol. The lowest BCUT2D eigenvalue weighted by Crippen LogP contribution is -2.20. The van der Waals surface area contributed by atoms with Gasteiger partial charge in [-0.1, -0.05) is 48.4 Å². The molecule has 0 amide bonds. The van der Waals surface area contributed by atoms with Crippen LogP contribution in [-0.4, -0.2) is 31.2 Å². The first-order valence-electron chi connectivity index (χ1n) is 7.93. The highest BCUT2D eigenvalue weighted by atomic mass is 16.1. The molecule has 3 aromatic rings. The molecule has 2 N–H and O–H groups in total. The first-order chi connectivity index (χ1) is 11.3. The Kier molecular flexibility index (Phi) is 3.53. The van der Waals surface area contributed by atoms with E-state index in [-0.39, 0.29) is 5.56 Å². The highest BCUT2D eigenvalue weighted by Crippen LogP contribution is 2.23. The molecule has 7 nitrogen and oxygen atoms in total. The van der Waals surface area contributed by atoms with Crippen molar-refractivity contribution in [3.63, 3.8) is 0 Å². The van der Waals surface area contributed by atoms with Gasteiger partial charge in [0.25, 0.3) is 5.56 Å². The molecular weight excluding hydrogens is 292 g/mol. The van der Waals surface area contributed by atoms with Gasteiger partial charge in [-0.15, -0.1) is 5.10 Å². The Balaban J connectivity index is 1.71. The second-order valence-corrected chi connectivity index (χ2v) is 5.96. The van der Waals surface area contributed by atoms with E-state index in [1.165, 1.54) is 12.8 Å². The van der Waals surface area contributed by atoms with E-state index in [4.69, 9.17) is 0 Å². The summed E-state index contributed by atoms with van der Waals surface area (Å²) in [6.45, 7) is 0.507. The van der Waals surface area contributed by atoms with Gasteiger partial charge in [0.2, 0.25) is 0 Å². The van der Waals surface area contributed by atoms with Gasteiger partial charge >= 0.3 is 0 Å². The normalized spacial score (nSPS) is 15.3. The summed E-state index contributed by atoms with van der Waals surface area (Å²) in [4.78, 5) is 12.2. The molecule has 2 heterocycles. The SMILES string of the molecule is O=c1[nH]nc(NC2CCCC2)c2nnn(Cc3ccccc3)c12. The van der Waals surface area contributed by atoms with E-state index in [9.17, 15) is 4.79 Å². The fourth-order valence-corrected chi connectivity index (χ4v) is 3.14. The van der Waals surface area contributed by atoms with Crippen molar-refractivity contribution in [1.29, 1.82) is 0 Å². The molecule has 1 saturated carbocycles. The van der Waals surface area contributed by atoms with E-state index >= 15 is 0 Å². The number of anilines is 1. The molecule has 0 saturated heterocycles. The second kappa shape index (κ2) is 5.83. The van der Waals surface area contributed by atoms with Crippen molar-refractivity contribution in [3.05, 3.63) is 46.2 Å². The third kappa shape index (κ3) is 2.69. The highest BCUT2D eigenvalue weighted by molar-refractivity contribution is 5.84. The van der Waals surface area contributed by atoms with Crippen LogP contribution in [-0.2, 0) is 6.54 Å². The molecule has 1 aliphatic rings. The van der Waals surface area contributed by atoms with Crippen molar-refractivity contribution in [2.45, 2.75) is 38.3 Å². The van der Waals surface area contributed by atoms with Crippen LogP contribution in [0, 0.1) is 0 Å². The van der Waals surface area contributed by atoms with Gasteiger partial charge < -0.3 is 5.32 Å². The summed E-state index contributed by atoms with van der Waals surface area (Å²) in [6, 6.07) is 10.3. The number of rotatable bonds is 4. The zero-order chi connectivity index (χ0) is 15.6. The van der Waals surface area contributed by atoms with Crippen molar-refractivity contribution in [1.82, 2.24) is 25.2 Å². The molecule has 2 aromatic heterocycles. The molecule has 0 bridgehead atoms. The van der Waals surface area contributed by atoms with Crippen molar-refractivity contribution in [2.75, 3.05) is 5.32 Å². The van der Waals surface area contributed by atoms with Crippen LogP contribution in [0.3, 0.4) is 0 Å². The minimum atomic E-state index is -0.266. The molecule has 0 spiro atoms. The molecule has 1 fully saturated rings. The summed E-state index contributed by atoms with van der Waals surface area (Å²) in [5.41, 5.74) is 1.81. The lowest BCUT2D eigenvalue weighted by atomic mass is 10.2. The molecule has 4 rings (SSSR count). The van der Waals surface area contributed by atoms with Gasteiger partial charge in [-0.25, -0.2) is 9.78 Å². The second-order valence-electron chi connectivity index (χ2n) is 5.96. The Morgan fingerprint density at radius 1 is 1.22 bits per heavy atom. The maximum Gasteiger partial charge on any atom is 0.292 e. The number of H-pyrrole nitrogens is 1. The molecular formula is C16H18N6O. The fourth-order valence-electron chi connectivity index (χ4n) is 3.14. The average Bonchev–Trinajstić information content (AvgIpc) is 3.22. The largest absolute Gasteiger partial charge is 0.364 e. The topological polar surface area (TPSA) is 88.5 Å². The number of hydrogen-bond donors (Lipinski definition) is 2. The van der Waals surface area contributed by atoms with Gasteiger partial charge in [0, 0.05) is 6.04 Å². The summed E-state index contributed by atoms with van der Waals surface area (Å²) in [6.07, 6.45) is 4.70. The third-order valence-corrected chi connectivity index (χ3v) is 4.31. The Morgan fingerprint density at radius 2 is 2.00 bits per heavy atom. The molecule has 0 atom stereocenters. The minimum Gasteiger partial charge on any atom is -0.364 e. The zero-order valence-corrected chi connectivity index (χ0v) is 12.7. The molecule has 0 unspecified atom stereocenters. The first kappa shape index (κ1) is 13.9. The minimum absolute atomic E-state index is 0.266. The number of nitrogens with zero attached hydrogens (tertiary/aromatic N) is 4. The molecule has 118 valence electrons.